The number of carbonyl (C=O) groups excluding carboxylic acids is 17. The smallest absolute Gasteiger partial charge is 0.305 e. The Morgan fingerprint density at radius 2 is 0.881 bits per heavy atom. The SMILES string of the molecule is CC(C)C[C@@H]1NC(=O)[C@H](CCCNC(=N)N)NC(=O)[C@H](Cc2ccccc2)N(C)C(=O)[C@H](CN)NC(=O)[C@H](CCCNC(=N)N)NC(=O)[C@H](Cc2ccc(-c3ccccc3)cc2)NC(=O)[C@H](C(C)C)NC(=O)[C@H](Cc2c[nH]c3ccccc23)NC(=O)[C@H](CC(=O)O)NC(=O)[C@H](Cc2ccc(O)cc2)NC(=O)[C@H](CC(N)=O)NC(=O)CSC[C@@H](C(=O)N[C@@H](C)C(N)=O)NC(=O)[C@H]([C@@H](C)O)NC(=O)[C@H](C(C)C)NC1=O. The molecular weight excluding hydrogens is 1870 g/mol. The van der Waals surface area contributed by atoms with Crippen LogP contribution < -0.4 is 114 Å². The van der Waals surface area contributed by atoms with Gasteiger partial charge in [-0.25, -0.2) is 0 Å². The number of phenolic OH excluding ortho intramolecular Hbond substituents is 1. The molecule has 0 saturated carbocycles. The molecule has 2 heterocycles. The molecule has 16 atom stereocenters. The normalized spacial score (nSPS) is 22.8. The second-order valence-corrected chi connectivity index (χ2v) is 37.0. The minimum absolute atomic E-state index is 0.0156. The highest BCUT2D eigenvalue weighted by atomic mass is 32.2. The van der Waals surface area contributed by atoms with Gasteiger partial charge in [-0.3, -0.25) is 97.1 Å². The van der Waals surface area contributed by atoms with Gasteiger partial charge in [-0.15, -0.1) is 11.8 Å². The number of hydrogen-bond donors (Lipinski definition) is 27. The first-order valence-corrected chi connectivity index (χ1v) is 47.8. The molecule has 0 aliphatic carbocycles. The first-order valence-electron chi connectivity index (χ1n) is 46.6. The number of aliphatic carboxylic acids is 1. The molecule has 7 rings (SSSR count). The van der Waals surface area contributed by atoms with Crippen molar-refractivity contribution in [1.82, 2.24) is 95.0 Å². The molecule has 1 aliphatic heterocycles. The molecular formula is C96H133N25O21S. The number of benzene rings is 5. The number of aromatic amines is 1. The second-order valence-electron chi connectivity index (χ2n) is 36.0. The number of aromatic hydroxyl groups is 1. The van der Waals surface area contributed by atoms with Crippen LogP contribution in [0.3, 0.4) is 0 Å². The first-order chi connectivity index (χ1) is 67.7. The van der Waals surface area contributed by atoms with Crippen LogP contribution in [0.4, 0.5) is 0 Å². The van der Waals surface area contributed by atoms with Gasteiger partial charge >= 0.3 is 5.97 Å². The van der Waals surface area contributed by atoms with Gasteiger partial charge in [0.2, 0.25) is 100 Å². The van der Waals surface area contributed by atoms with Gasteiger partial charge in [0, 0.05) is 75.2 Å². The summed E-state index contributed by atoms with van der Waals surface area (Å²) in [6, 6.07) is 10.4. The lowest BCUT2D eigenvalue weighted by molar-refractivity contribution is -0.143. The van der Waals surface area contributed by atoms with E-state index in [4.69, 9.17) is 39.5 Å². The highest BCUT2D eigenvalue weighted by Crippen LogP contribution is 2.25. The minimum Gasteiger partial charge on any atom is -0.508 e. The Balaban J connectivity index is 1.36. The number of aliphatic hydroxyl groups excluding tert-OH is 1. The predicted octanol–water partition coefficient (Wildman–Crippen LogP) is -3.75. The van der Waals surface area contributed by atoms with Gasteiger partial charge in [0.15, 0.2) is 11.9 Å². The van der Waals surface area contributed by atoms with Crippen molar-refractivity contribution in [2.75, 3.05) is 38.2 Å². The number of nitrogens with one attached hydrogen (secondary N) is 19. The third-order valence-corrected chi connectivity index (χ3v) is 24.3. The molecule has 6 aromatic rings. The number of fused-ring (bicyclic) bond motifs is 1. The largest absolute Gasteiger partial charge is 0.508 e. The van der Waals surface area contributed by atoms with E-state index >= 15 is 43.2 Å². The summed E-state index contributed by atoms with van der Waals surface area (Å²) in [5.74, 6) is -25.1. The summed E-state index contributed by atoms with van der Waals surface area (Å²) in [6.45, 7) is 11.0. The summed E-state index contributed by atoms with van der Waals surface area (Å²) in [6.07, 6.45) is -4.65. The van der Waals surface area contributed by atoms with Crippen LogP contribution in [0.1, 0.15) is 123 Å². The van der Waals surface area contributed by atoms with Gasteiger partial charge in [-0.05, 0) is 115 Å². The number of rotatable bonds is 30. The van der Waals surface area contributed by atoms with Gasteiger partial charge in [0.05, 0.1) is 24.7 Å². The van der Waals surface area contributed by atoms with Crippen LogP contribution in [0.15, 0.2) is 140 Å². The maximum atomic E-state index is 15.5. The number of likely N-dealkylation sites (N-methyl/N-ethyl adjacent to an activating group) is 1. The molecule has 143 heavy (non-hydrogen) atoms. The van der Waals surface area contributed by atoms with Crippen LogP contribution in [0, 0.1) is 28.6 Å². The van der Waals surface area contributed by atoms with Crippen LogP contribution in [0.2, 0.25) is 0 Å². The van der Waals surface area contributed by atoms with E-state index in [0.717, 1.165) is 23.0 Å². The van der Waals surface area contributed by atoms with Gasteiger partial charge in [0.25, 0.3) is 0 Å². The van der Waals surface area contributed by atoms with Crippen LogP contribution in [0.25, 0.3) is 22.0 Å². The molecule has 0 spiro atoms. The van der Waals surface area contributed by atoms with Gasteiger partial charge in [0.1, 0.15) is 96.4 Å². The number of carboxylic acids is 1. The maximum absolute atomic E-state index is 15.5. The molecule has 1 saturated heterocycles. The van der Waals surface area contributed by atoms with Crippen molar-refractivity contribution in [2.45, 2.75) is 223 Å². The zero-order valence-corrected chi connectivity index (χ0v) is 81.8. The first kappa shape index (κ1) is 115. The Labute approximate surface area is 830 Å². The van der Waals surface area contributed by atoms with Crippen LogP contribution in [-0.2, 0) is 112 Å². The van der Waals surface area contributed by atoms with Crippen molar-refractivity contribution < 1.29 is 102 Å². The second kappa shape index (κ2) is 56.2. The number of aliphatic hydroxyl groups is 1. The number of amides is 17. The molecule has 1 aromatic heterocycles. The number of carbonyl (C=O) groups is 18. The average molecular weight is 2010 g/mol. The zero-order chi connectivity index (χ0) is 106. The maximum Gasteiger partial charge on any atom is 0.305 e. The highest BCUT2D eigenvalue weighted by Gasteiger charge is 2.42. The Hall–Kier alpha value is -15.3. The molecule has 32 N–H and O–H groups in total. The summed E-state index contributed by atoms with van der Waals surface area (Å²) in [7, 11) is 1.24. The summed E-state index contributed by atoms with van der Waals surface area (Å²) in [5, 5.41) is 89.2. The van der Waals surface area contributed by atoms with Crippen LogP contribution in [0.5, 0.6) is 5.75 Å². The number of nitrogens with two attached hydrogens (primary N) is 5. The van der Waals surface area contributed by atoms with Crippen molar-refractivity contribution in [1.29, 1.82) is 10.8 Å². The number of carboxylic acid groups (broad SMARTS) is 1. The summed E-state index contributed by atoms with van der Waals surface area (Å²) < 4.78 is 0. The van der Waals surface area contributed by atoms with Crippen molar-refractivity contribution in [2.24, 2.45) is 46.4 Å². The third-order valence-electron chi connectivity index (χ3n) is 23.3. The molecule has 0 radical (unpaired) electrons. The molecule has 5 aromatic carbocycles. The number of nitrogens with zero attached hydrogens (tertiary/aromatic N) is 1. The van der Waals surface area contributed by atoms with Crippen molar-refractivity contribution in [3.05, 3.63) is 162 Å². The zero-order valence-electron chi connectivity index (χ0n) is 81.0. The number of thioether (sulfide) groups is 1. The van der Waals surface area contributed by atoms with Gasteiger partial charge in [-0.1, -0.05) is 157 Å². The summed E-state index contributed by atoms with van der Waals surface area (Å²) in [4.78, 5) is 267. The summed E-state index contributed by atoms with van der Waals surface area (Å²) in [5.41, 5.74) is 32.5. The van der Waals surface area contributed by atoms with Crippen molar-refractivity contribution >= 4 is 141 Å². The van der Waals surface area contributed by atoms with E-state index in [1.54, 1.807) is 92.7 Å². The van der Waals surface area contributed by atoms with Crippen LogP contribution >= 0.6 is 11.8 Å². The molecule has 1 fully saturated rings. The molecule has 1 aliphatic rings. The average Bonchev–Trinajstić information content (AvgIpc) is 1.72. The standard InChI is InChI=1S/C96H133N25O21S/c1-49(2)38-65-87(135)119-78(51(5)6)92(140)120-79(53(8)122)93(141)117-72(89(137)107-52(7)80(99)128)47-143-48-75(125)108-69(43-74(98)124)85(133)112-66(40-56-30-34-60(123)35-31-56)84(132)114-70(44-76(126)127)86(134)113-68(42-59-46-106-62-25-17-16-24-61(59)62)88(136)118-77(50(3)4)91(139)115-67(39-55-28-32-58(33-29-55)57-22-14-11-15-23-57)83(131)109-63(26-18-36-104-95(100)101)82(130)116-71(45-97)94(142)121(9)73(41-54-20-12-10-13-21-54)90(138)110-64(81(129)111-65)27-19-37-105-96(102)103/h10-17,20-25,28-35,46,49-53,63-73,77-79,106,122-123H,18-19,26-27,36-45,47-48,97H2,1-9H3,(H2,98,124)(H2,99,128)(H,107,137)(H,108,125)(H,109,131)(H,110,138)(H,111,129)(H,112,133)(H,113,134)(H,114,132)(H,115,139)(H,116,130)(H,117,141)(H,118,136)(H,119,135)(H,120,140)(H,126,127)(H4,100,101,104)(H4,102,103,105)/t52-,53+,63-,64-,65-,66-,67-,68-,69-,70-,71-,72-,73-,77-,78-,79-/m0/s1. The van der Waals surface area contributed by atoms with E-state index in [2.05, 4.69) is 90.1 Å². The monoisotopic (exact) mass is 2000 g/mol. The fourth-order valence-electron chi connectivity index (χ4n) is 15.4. The van der Waals surface area contributed by atoms with E-state index in [0.29, 0.717) is 39.4 Å². The highest BCUT2D eigenvalue weighted by molar-refractivity contribution is 8.00. The Morgan fingerprint density at radius 3 is 1.39 bits per heavy atom. The minimum atomic E-state index is -2.15. The van der Waals surface area contributed by atoms with Gasteiger partial charge in [-0.2, -0.15) is 0 Å². The third kappa shape index (κ3) is 37.0. The number of aromatic nitrogens is 1. The molecule has 47 heteroatoms. The van der Waals surface area contributed by atoms with Gasteiger partial charge < -0.3 is 139 Å². The lowest BCUT2D eigenvalue weighted by atomic mass is 9.98. The predicted molar refractivity (Wildman–Crippen MR) is 530 cm³/mol. The molecule has 0 unspecified atom stereocenters. The summed E-state index contributed by atoms with van der Waals surface area (Å²) >= 11 is 0.600. The molecule has 0 bridgehead atoms. The van der Waals surface area contributed by atoms with E-state index in [1.807, 2.05) is 30.3 Å². The molecule has 17 amide bonds. The number of guanidine groups is 2. The van der Waals surface area contributed by atoms with Crippen molar-refractivity contribution in [3.8, 4) is 16.9 Å². The van der Waals surface area contributed by atoms with Crippen LogP contribution in [-0.4, -0.2) is 278 Å². The number of para-hydroxylation sites is 1. The lowest BCUT2D eigenvalue weighted by Gasteiger charge is -2.33. The topological polar surface area (TPSA) is 757 Å². The number of phenols is 1. The van der Waals surface area contributed by atoms with E-state index in [9.17, 15) is 58.5 Å². The number of H-pyrrole nitrogens is 1. The van der Waals surface area contributed by atoms with E-state index in [1.165, 1.54) is 72.1 Å². The number of primary amides is 2. The molecule has 774 valence electrons. The van der Waals surface area contributed by atoms with E-state index < -0.39 is 277 Å². The van der Waals surface area contributed by atoms with E-state index in [-0.39, 0.29) is 69.3 Å². The Morgan fingerprint density at radius 1 is 0.462 bits per heavy atom. The quantitative estimate of drug-likeness (QED) is 0.0117. The van der Waals surface area contributed by atoms with Crippen molar-refractivity contribution in [3.63, 3.8) is 0 Å². The fourth-order valence-corrected chi connectivity index (χ4v) is 16.3. The number of hydrogen-bond acceptors (Lipinski definition) is 24. The Kier molecular flexibility index (Phi) is 45.1. The fraction of sp³-hybridized carbons (Fsp3) is 0.458. The molecule has 46 nitrogen and oxygen atoms in total. The Bertz CT molecular complexity index is 5460. The lowest BCUT2D eigenvalue weighted by Crippen LogP contribution is -2.63.